The topological polar surface area (TPSA) is 89.7 Å². The maximum absolute atomic E-state index is 12.8. The zero-order valence-electron chi connectivity index (χ0n) is 12.4. The molecule has 0 bridgehead atoms. The van der Waals surface area contributed by atoms with Crippen molar-refractivity contribution in [3.8, 4) is 0 Å². The average Bonchev–Trinajstić information content (AvgIpc) is 2.93. The van der Waals surface area contributed by atoms with Crippen LogP contribution in [0.2, 0.25) is 0 Å². The van der Waals surface area contributed by atoms with E-state index in [9.17, 15) is 13.2 Å². The Morgan fingerprint density at radius 2 is 2.05 bits per heavy atom. The van der Waals surface area contributed by atoms with Crippen LogP contribution in [0.15, 0.2) is 17.0 Å². The van der Waals surface area contributed by atoms with E-state index in [1.54, 1.807) is 26.0 Å². The van der Waals surface area contributed by atoms with Crippen LogP contribution in [0.3, 0.4) is 0 Å². The Labute approximate surface area is 124 Å². The van der Waals surface area contributed by atoms with Gasteiger partial charge in [0.15, 0.2) is 0 Å². The molecule has 1 aliphatic rings. The van der Waals surface area contributed by atoms with Crippen LogP contribution in [0, 0.1) is 19.8 Å². The summed E-state index contributed by atoms with van der Waals surface area (Å²) < 4.78 is 31.6. The number of benzene rings is 1. The molecular formula is C14H20N2O4S. The molecule has 1 unspecified atom stereocenters. The van der Waals surface area contributed by atoms with Gasteiger partial charge in [-0.15, -0.1) is 0 Å². The van der Waals surface area contributed by atoms with Gasteiger partial charge in [-0.25, -0.2) is 8.42 Å². The second kappa shape index (κ2) is 5.65. The Kier molecular flexibility index (Phi) is 4.25. The van der Waals surface area contributed by atoms with Crippen LogP contribution in [0.1, 0.15) is 17.5 Å². The summed E-state index contributed by atoms with van der Waals surface area (Å²) >= 11 is 0. The van der Waals surface area contributed by atoms with Gasteiger partial charge in [0.05, 0.1) is 17.9 Å². The fraction of sp³-hybridized carbons (Fsp3) is 0.500. The molecule has 0 radical (unpaired) electrons. The first-order chi connectivity index (χ1) is 9.78. The highest BCUT2D eigenvalue weighted by molar-refractivity contribution is 7.89. The second-order valence-corrected chi connectivity index (χ2v) is 7.17. The van der Waals surface area contributed by atoms with Crippen molar-refractivity contribution < 1.29 is 17.9 Å². The smallest absolute Gasteiger partial charge is 0.310 e. The Hall–Kier alpha value is -1.60. The fourth-order valence-corrected chi connectivity index (χ4v) is 4.63. The van der Waals surface area contributed by atoms with Gasteiger partial charge in [0.25, 0.3) is 0 Å². The molecule has 0 aromatic heterocycles. The SMILES string of the molecule is COC(=O)C1CCN(S(=O)(=O)c2c(C)ccc(N)c2C)C1. The van der Waals surface area contributed by atoms with Crippen molar-refractivity contribution in [3.63, 3.8) is 0 Å². The van der Waals surface area contributed by atoms with Crippen molar-refractivity contribution in [1.29, 1.82) is 0 Å². The van der Waals surface area contributed by atoms with Crippen LogP contribution in [-0.2, 0) is 19.6 Å². The number of sulfonamides is 1. The number of nitrogen functional groups attached to an aromatic ring is 1. The van der Waals surface area contributed by atoms with Gasteiger partial charge in [-0.3, -0.25) is 4.79 Å². The molecule has 0 saturated carbocycles. The van der Waals surface area contributed by atoms with E-state index in [4.69, 9.17) is 5.73 Å². The van der Waals surface area contributed by atoms with Crippen molar-refractivity contribution in [2.24, 2.45) is 5.92 Å². The number of carbonyl (C=O) groups is 1. The van der Waals surface area contributed by atoms with E-state index in [1.807, 2.05) is 0 Å². The Bertz CT molecular complexity index is 670. The van der Waals surface area contributed by atoms with Gasteiger partial charge >= 0.3 is 5.97 Å². The van der Waals surface area contributed by atoms with Crippen LogP contribution in [-0.4, -0.2) is 38.9 Å². The molecule has 1 fully saturated rings. The molecule has 7 heteroatoms. The quantitative estimate of drug-likeness (QED) is 0.666. The first kappa shape index (κ1) is 15.8. The van der Waals surface area contributed by atoms with Crippen molar-refractivity contribution >= 4 is 21.7 Å². The zero-order valence-corrected chi connectivity index (χ0v) is 13.2. The van der Waals surface area contributed by atoms with Crippen LogP contribution >= 0.6 is 0 Å². The summed E-state index contributed by atoms with van der Waals surface area (Å²) in [6.07, 6.45) is 0.478. The maximum atomic E-state index is 12.8. The first-order valence-corrected chi connectivity index (χ1v) is 8.16. The van der Waals surface area contributed by atoms with E-state index in [1.165, 1.54) is 11.4 Å². The van der Waals surface area contributed by atoms with Gasteiger partial charge in [-0.1, -0.05) is 6.07 Å². The van der Waals surface area contributed by atoms with E-state index in [0.29, 0.717) is 29.8 Å². The predicted octanol–water partition coefficient (Wildman–Crippen LogP) is 1.07. The zero-order chi connectivity index (χ0) is 15.8. The molecule has 1 saturated heterocycles. The molecule has 0 aliphatic carbocycles. The summed E-state index contributed by atoms with van der Waals surface area (Å²) in [5, 5.41) is 0. The van der Waals surface area contributed by atoms with Crippen LogP contribution < -0.4 is 5.73 Å². The van der Waals surface area contributed by atoms with Crippen LogP contribution in [0.25, 0.3) is 0 Å². The summed E-state index contributed by atoms with van der Waals surface area (Å²) in [5.74, 6) is -0.764. The van der Waals surface area contributed by atoms with E-state index in [-0.39, 0.29) is 17.4 Å². The summed E-state index contributed by atoms with van der Waals surface area (Å²) in [6, 6.07) is 3.40. The molecular weight excluding hydrogens is 292 g/mol. The number of rotatable bonds is 3. The van der Waals surface area contributed by atoms with Crippen molar-refractivity contribution in [1.82, 2.24) is 4.31 Å². The molecule has 6 nitrogen and oxygen atoms in total. The van der Waals surface area contributed by atoms with Crippen LogP contribution in [0.5, 0.6) is 0 Å². The standard InChI is InChI=1S/C14H20N2O4S/c1-9-4-5-12(15)10(2)13(9)21(18,19)16-7-6-11(8-16)14(17)20-3/h4-5,11H,6-8,15H2,1-3H3. The third-order valence-electron chi connectivity index (χ3n) is 3.93. The molecule has 21 heavy (non-hydrogen) atoms. The summed E-state index contributed by atoms with van der Waals surface area (Å²) in [7, 11) is -2.34. The van der Waals surface area contributed by atoms with E-state index >= 15 is 0 Å². The number of esters is 1. The van der Waals surface area contributed by atoms with Crippen molar-refractivity contribution in [2.45, 2.75) is 25.2 Å². The lowest BCUT2D eigenvalue weighted by Gasteiger charge is -2.20. The predicted molar refractivity (Wildman–Crippen MR) is 79.2 cm³/mol. The summed E-state index contributed by atoms with van der Waals surface area (Å²) in [6.45, 7) is 3.91. The highest BCUT2D eigenvalue weighted by Gasteiger charge is 2.37. The lowest BCUT2D eigenvalue weighted by molar-refractivity contribution is -0.144. The molecule has 1 atom stereocenters. The molecule has 1 aromatic carbocycles. The lowest BCUT2D eigenvalue weighted by atomic mass is 10.1. The molecule has 0 spiro atoms. The fourth-order valence-electron chi connectivity index (χ4n) is 2.67. The van der Waals surface area contributed by atoms with E-state index in [2.05, 4.69) is 4.74 Å². The number of nitrogens with two attached hydrogens (primary N) is 1. The summed E-state index contributed by atoms with van der Waals surface area (Å²) in [4.78, 5) is 11.8. The highest BCUT2D eigenvalue weighted by Crippen LogP contribution is 2.31. The number of ether oxygens (including phenoxy) is 1. The number of nitrogens with zero attached hydrogens (tertiary/aromatic N) is 1. The minimum atomic E-state index is -3.65. The number of hydrogen-bond donors (Lipinski definition) is 1. The van der Waals surface area contributed by atoms with Gasteiger partial charge < -0.3 is 10.5 Å². The average molecular weight is 312 g/mol. The van der Waals surface area contributed by atoms with Gasteiger partial charge in [-0.05, 0) is 37.5 Å². The molecule has 1 aliphatic heterocycles. The minimum Gasteiger partial charge on any atom is -0.469 e. The second-order valence-electron chi connectivity index (χ2n) is 5.30. The first-order valence-electron chi connectivity index (χ1n) is 6.72. The van der Waals surface area contributed by atoms with Gasteiger partial charge in [0.1, 0.15) is 0 Å². The van der Waals surface area contributed by atoms with E-state index in [0.717, 1.165) is 0 Å². The Morgan fingerprint density at radius 3 is 2.67 bits per heavy atom. The summed E-state index contributed by atoms with van der Waals surface area (Å²) in [5.41, 5.74) is 7.48. The molecule has 1 heterocycles. The Balaban J connectivity index is 2.37. The number of methoxy groups -OCH3 is 1. The largest absolute Gasteiger partial charge is 0.469 e. The molecule has 116 valence electrons. The van der Waals surface area contributed by atoms with Crippen molar-refractivity contribution in [3.05, 3.63) is 23.3 Å². The number of hydrogen-bond acceptors (Lipinski definition) is 5. The Morgan fingerprint density at radius 1 is 1.38 bits per heavy atom. The molecule has 2 N–H and O–H groups in total. The van der Waals surface area contributed by atoms with Crippen molar-refractivity contribution in [2.75, 3.05) is 25.9 Å². The molecule has 1 aromatic rings. The molecule has 2 rings (SSSR count). The number of anilines is 1. The highest BCUT2D eigenvalue weighted by atomic mass is 32.2. The lowest BCUT2D eigenvalue weighted by Crippen LogP contribution is -2.31. The number of aryl methyl sites for hydroxylation is 1. The number of carbonyl (C=O) groups excluding carboxylic acids is 1. The van der Waals surface area contributed by atoms with E-state index < -0.39 is 15.9 Å². The van der Waals surface area contributed by atoms with Gasteiger partial charge in [-0.2, -0.15) is 4.31 Å². The molecule has 0 amide bonds. The van der Waals surface area contributed by atoms with Gasteiger partial charge in [0.2, 0.25) is 10.0 Å². The maximum Gasteiger partial charge on any atom is 0.310 e. The third kappa shape index (κ3) is 2.75. The monoisotopic (exact) mass is 312 g/mol. The minimum absolute atomic E-state index is 0.155. The van der Waals surface area contributed by atoms with Crippen LogP contribution in [0.4, 0.5) is 5.69 Å². The normalized spacial score (nSPS) is 19.7. The van der Waals surface area contributed by atoms with Gasteiger partial charge in [0, 0.05) is 18.8 Å². The third-order valence-corrected chi connectivity index (χ3v) is 6.08.